The Balaban J connectivity index is 0.000000153. The first kappa shape index (κ1) is 62.5. The fraction of sp³-hybridized carbons (Fsp3) is 0. The zero-order valence-electron chi connectivity index (χ0n) is 56.7. The van der Waals surface area contributed by atoms with Crippen molar-refractivity contribution in [2.24, 2.45) is 0 Å². The summed E-state index contributed by atoms with van der Waals surface area (Å²) in [6, 6.07) is 133. The van der Waals surface area contributed by atoms with Crippen LogP contribution in [-0.4, -0.2) is 23.7 Å². The number of nitrogens with zero attached hydrogens (tertiary/aromatic N) is 8. The molecule has 0 aliphatic rings. The molecule has 105 heavy (non-hydrogen) atoms. The maximum atomic E-state index is 10.2. The van der Waals surface area contributed by atoms with Crippen molar-refractivity contribution in [3.8, 4) is 125 Å². The van der Waals surface area contributed by atoms with E-state index in [0.29, 0.717) is 16.7 Å². The molecule has 19 rings (SSSR count). The van der Waals surface area contributed by atoms with Gasteiger partial charge in [-0.1, -0.05) is 243 Å². The van der Waals surface area contributed by atoms with Crippen LogP contribution in [0.1, 0.15) is 16.7 Å². The predicted molar refractivity (Wildman–Crippen MR) is 429 cm³/mol. The van der Waals surface area contributed by atoms with Gasteiger partial charge in [0.2, 0.25) is 0 Å². The summed E-state index contributed by atoms with van der Waals surface area (Å²) in [4.78, 5) is 10.1. The minimum atomic E-state index is 0.574. The van der Waals surface area contributed by atoms with Crippen molar-refractivity contribution >= 4 is 65.4 Å². The van der Waals surface area contributed by atoms with Gasteiger partial charge in [0.05, 0.1) is 68.0 Å². The fourth-order valence-corrected chi connectivity index (χ4v) is 15.1. The summed E-state index contributed by atoms with van der Waals surface area (Å²) >= 11 is 0. The van der Waals surface area contributed by atoms with E-state index >= 15 is 0 Å². The summed E-state index contributed by atoms with van der Waals surface area (Å²) in [7, 11) is 0. The molecule has 488 valence electrons. The van der Waals surface area contributed by atoms with Gasteiger partial charge in [0.25, 0.3) is 0 Å². The largest absolute Gasteiger partial charge is 0.309 e. The van der Waals surface area contributed by atoms with Crippen LogP contribution in [-0.2, 0) is 0 Å². The van der Waals surface area contributed by atoms with Crippen molar-refractivity contribution in [3.63, 3.8) is 0 Å². The minimum Gasteiger partial charge on any atom is -0.309 e. The Morgan fingerprint density at radius 1 is 0.200 bits per heavy atom. The number of para-hydroxylation sites is 8. The van der Waals surface area contributed by atoms with Crippen LogP contribution in [0, 0.1) is 34.0 Å². The first-order valence-electron chi connectivity index (χ1n) is 34.9. The lowest BCUT2D eigenvalue weighted by atomic mass is 9.90. The van der Waals surface area contributed by atoms with Gasteiger partial charge >= 0.3 is 0 Å². The number of nitriles is 3. The Morgan fingerprint density at radius 2 is 0.524 bits per heavy atom. The summed E-state index contributed by atoms with van der Waals surface area (Å²) in [6.07, 6.45) is 0. The second-order valence-electron chi connectivity index (χ2n) is 26.2. The lowest BCUT2D eigenvalue weighted by Crippen LogP contribution is -1.97. The number of benzene rings is 16. The maximum absolute atomic E-state index is 10.2. The van der Waals surface area contributed by atoms with Gasteiger partial charge in [0.1, 0.15) is 11.6 Å². The molecule has 0 bridgehead atoms. The third kappa shape index (κ3) is 11.5. The van der Waals surface area contributed by atoms with Crippen molar-refractivity contribution < 1.29 is 0 Å². The van der Waals surface area contributed by atoms with Gasteiger partial charge in [0.15, 0.2) is 0 Å². The Labute approximate surface area is 606 Å². The van der Waals surface area contributed by atoms with Gasteiger partial charge in [-0.15, -0.1) is 0 Å². The number of aromatic nitrogens is 5. The minimum absolute atomic E-state index is 0.574. The summed E-state index contributed by atoms with van der Waals surface area (Å²) in [6.45, 7) is 0. The lowest BCUT2D eigenvalue weighted by molar-refractivity contribution is 1.10. The average Bonchev–Trinajstić information content (AvgIpc) is 1.65. The average molecular weight is 1340 g/mol. The number of hydrogen-bond acceptors (Lipinski definition) is 5. The second-order valence-corrected chi connectivity index (χ2v) is 26.2. The quantitative estimate of drug-likeness (QED) is 0.128. The lowest BCUT2D eigenvalue weighted by Gasteiger charge is -2.15. The molecule has 0 N–H and O–H groups in total. The van der Waals surface area contributed by atoms with Gasteiger partial charge in [-0.2, -0.15) is 15.8 Å². The topological polar surface area (TPSA) is 112 Å². The molecule has 0 amide bonds. The van der Waals surface area contributed by atoms with E-state index in [0.717, 1.165) is 150 Å². The molecule has 0 spiro atoms. The second kappa shape index (κ2) is 26.7. The Hall–Kier alpha value is -14.8. The van der Waals surface area contributed by atoms with Gasteiger partial charge in [-0.25, -0.2) is 9.97 Å². The van der Waals surface area contributed by atoms with Gasteiger partial charge < -0.3 is 4.57 Å². The third-order valence-corrected chi connectivity index (χ3v) is 20.0. The monoisotopic (exact) mass is 1340 g/mol. The highest BCUT2D eigenvalue weighted by atomic mass is 15.1. The first-order valence-corrected chi connectivity index (χ1v) is 34.9. The molecule has 0 unspecified atom stereocenters. The molecule has 8 heteroatoms. The highest BCUT2D eigenvalue weighted by Crippen LogP contribution is 2.43. The van der Waals surface area contributed by atoms with Crippen LogP contribution >= 0.6 is 0 Å². The van der Waals surface area contributed by atoms with Crippen molar-refractivity contribution in [2.45, 2.75) is 0 Å². The summed E-state index contributed by atoms with van der Waals surface area (Å²) in [5.41, 5.74) is 26.1. The summed E-state index contributed by atoms with van der Waals surface area (Å²) < 4.78 is 6.78. The molecule has 0 fully saturated rings. The molecular formula is C97H60N8. The normalized spacial score (nSPS) is 11.2. The summed E-state index contributed by atoms with van der Waals surface area (Å²) in [5.74, 6) is 1.81. The zero-order valence-corrected chi connectivity index (χ0v) is 56.7. The molecule has 0 aliphatic carbocycles. The van der Waals surface area contributed by atoms with Crippen LogP contribution in [0.4, 0.5) is 0 Å². The Kier molecular flexibility index (Phi) is 15.9. The molecule has 3 aromatic heterocycles. The van der Waals surface area contributed by atoms with E-state index in [4.69, 9.17) is 9.97 Å². The van der Waals surface area contributed by atoms with Gasteiger partial charge in [-0.05, 0) is 210 Å². The van der Waals surface area contributed by atoms with Crippen LogP contribution in [0.25, 0.3) is 172 Å². The smallest absolute Gasteiger partial charge is 0.145 e. The van der Waals surface area contributed by atoms with E-state index < -0.39 is 0 Å². The van der Waals surface area contributed by atoms with Crippen LogP contribution in [0.2, 0.25) is 0 Å². The molecule has 0 aliphatic heterocycles. The maximum Gasteiger partial charge on any atom is 0.145 e. The highest BCUT2D eigenvalue weighted by Gasteiger charge is 2.20. The molecule has 0 atom stereocenters. The number of hydrogen-bond donors (Lipinski definition) is 0. The van der Waals surface area contributed by atoms with Crippen molar-refractivity contribution in [1.82, 2.24) is 23.7 Å². The van der Waals surface area contributed by atoms with Crippen molar-refractivity contribution in [2.75, 3.05) is 0 Å². The molecule has 3 heterocycles. The SMILES string of the molecule is N#Cc1cc(-c2ccc(-n3c4ccccc4c4ccccc43)cc2)cc(-c2ccc(-c3ccc(-c4nc5ccccc5n4-c4ccccc4)cc3)c3ccccc23)c1.N#Cc1cccc(-c2cc(C#N)cc(-c3ccc(-c4ccc(-c5nc6ccccc6n5-c5ccccc5)cc4)c4ccccc34)c2)c1. The molecule has 0 radical (unpaired) electrons. The molecule has 19 aromatic rings. The molecule has 16 aromatic carbocycles. The Bertz CT molecular complexity index is 6670. The van der Waals surface area contributed by atoms with Gasteiger partial charge in [0, 0.05) is 39.0 Å². The van der Waals surface area contributed by atoms with E-state index in [1.165, 1.54) is 21.8 Å². The number of imidazole rings is 2. The van der Waals surface area contributed by atoms with Crippen LogP contribution in [0.5, 0.6) is 0 Å². The van der Waals surface area contributed by atoms with Crippen molar-refractivity contribution in [1.29, 1.82) is 15.8 Å². The van der Waals surface area contributed by atoms with Crippen LogP contribution in [0.3, 0.4) is 0 Å². The van der Waals surface area contributed by atoms with E-state index in [1.54, 1.807) is 6.07 Å². The van der Waals surface area contributed by atoms with E-state index in [2.05, 4.69) is 323 Å². The standard InChI is InChI=1S/C54H34N4.C43H26N4/c55-35-36-32-40(37-26-28-43(29-27-37)57-51-19-9-6-16-48(51)49-17-7-10-20-52(49)57)34-41(33-36)45-31-30-44(46-14-4-5-15-47(45)46)38-22-24-39(25-23-38)54-56-50-18-8-11-21-53(50)58(54)42-12-2-1-3-13-42;44-27-29-9-8-10-33(23-29)34-24-30(28-45)25-35(26-34)38-22-21-37(39-13-4-5-14-40(38)39)31-17-19-32(20-18-31)43-46-41-15-6-7-16-42(41)47(43)36-11-2-1-3-12-36/h1-34H;1-26H. The molecular weight excluding hydrogens is 1280 g/mol. The van der Waals surface area contributed by atoms with Crippen LogP contribution in [0.15, 0.2) is 364 Å². The number of fused-ring (bicyclic) bond motifs is 7. The predicted octanol–water partition coefficient (Wildman–Crippen LogP) is 24.4. The van der Waals surface area contributed by atoms with E-state index in [9.17, 15) is 15.8 Å². The zero-order chi connectivity index (χ0) is 70.3. The van der Waals surface area contributed by atoms with E-state index in [1.807, 2.05) is 66.7 Å². The fourth-order valence-electron chi connectivity index (χ4n) is 15.1. The highest BCUT2D eigenvalue weighted by molar-refractivity contribution is 6.10. The van der Waals surface area contributed by atoms with Crippen molar-refractivity contribution in [3.05, 3.63) is 381 Å². The number of rotatable bonds is 11. The van der Waals surface area contributed by atoms with Crippen LogP contribution < -0.4 is 0 Å². The first-order chi connectivity index (χ1) is 51.9. The Morgan fingerprint density at radius 3 is 0.952 bits per heavy atom. The molecule has 0 saturated heterocycles. The molecule has 0 saturated carbocycles. The van der Waals surface area contributed by atoms with Gasteiger partial charge in [-0.3, -0.25) is 9.13 Å². The van der Waals surface area contributed by atoms with E-state index in [-0.39, 0.29) is 0 Å². The molecule has 8 nitrogen and oxygen atoms in total. The summed E-state index contributed by atoms with van der Waals surface area (Å²) in [5, 5.41) is 36.6. The third-order valence-electron chi connectivity index (χ3n) is 20.0.